The van der Waals surface area contributed by atoms with Crippen LogP contribution in [0.2, 0.25) is 5.02 Å². The average Bonchev–Trinajstić information content (AvgIpc) is 2.64. The molecule has 1 N–H and O–H groups in total. The van der Waals surface area contributed by atoms with E-state index in [4.69, 9.17) is 16.3 Å². The number of hydrogen-bond donors (Lipinski definition) is 1. The third-order valence-electron chi connectivity index (χ3n) is 4.52. The Hall–Kier alpha value is -2.56. The highest BCUT2D eigenvalue weighted by molar-refractivity contribution is 6.31. The van der Waals surface area contributed by atoms with E-state index in [2.05, 4.69) is 23.5 Å². The van der Waals surface area contributed by atoms with Crippen molar-refractivity contribution in [2.75, 3.05) is 26.0 Å². The van der Waals surface area contributed by atoms with E-state index < -0.39 is 0 Å². The van der Waals surface area contributed by atoms with Crippen LogP contribution in [-0.4, -0.2) is 31.5 Å². The summed E-state index contributed by atoms with van der Waals surface area (Å²) in [6.45, 7) is 2.88. The van der Waals surface area contributed by atoms with Gasteiger partial charge in [-0.25, -0.2) is 0 Å². The van der Waals surface area contributed by atoms with Gasteiger partial charge in [0.1, 0.15) is 5.75 Å². The number of amides is 1. The number of benzene rings is 3. The molecule has 0 spiro atoms. The number of hydrogen-bond acceptors (Lipinski definition) is 3. The van der Waals surface area contributed by atoms with E-state index in [1.807, 2.05) is 55.3 Å². The molecule has 0 aliphatic rings. The molecule has 0 bridgehead atoms. The van der Waals surface area contributed by atoms with Crippen LogP contribution in [-0.2, 0) is 11.3 Å². The predicted molar refractivity (Wildman–Crippen MR) is 112 cm³/mol. The Bertz CT molecular complexity index is 972. The Morgan fingerprint density at radius 3 is 2.63 bits per heavy atom. The van der Waals surface area contributed by atoms with Crippen LogP contribution in [0.15, 0.2) is 54.6 Å². The zero-order valence-electron chi connectivity index (χ0n) is 15.8. The van der Waals surface area contributed by atoms with E-state index in [0.29, 0.717) is 18.1 Å². The fourth-order valence-electron chi connectivity index (χ4n) is 3.04. The maximum absolute atomic E-state index is 12.3. The third kappa shape index (κ3) is 4.79. The van der Waals surface area contributed by atoms with Crippen LogP contribution in [0.25, 0.3) is 10.8 Å². The van der Waals surface area contributed by atoms with Crippen molar-refractivity contribution in [3.63, 3.8) is 0 Å². The molecule has 1 amide bonds. The number of halogens is 1. The standard InChI is InChI=1S/C22H23ClN2O2/c1-15-20(23)5-4-6-21(15)24-22(26)14-25(2)13-16-7-8-18-12-19(27-3)10-9-17(18)11-16/h4-12H,13-14H2,1-3H3,(H,24,26). The summed E-state index contributed by atoms with van der Waals surface area (Å²) in [5.74, 6) is 0.786. The Balaban J connectivity index is 1.63. The van der Waals surface area contributed by atoms with Crippen molar-refractivity contribution < 1.29 is 9.53 Å². The average molecular weight is 383 g/mol. The molecular weight excluding hydrogens is 360 g/mol. The first kappa shape index (κ1) is 19.2. The van der Waals surface area contributed by atoms with Gasteiger partial charge in [0.25, 0.3) is 0 Å². The number of nitrogens with one attached hydrogen (secondary N) is 1. The minimum Gasteiger partial charge on any atom is -0.497 e. The number of nitrogens with zero attached hydrogens (tertiary/aromatic N) is 1. The second kappa shape index (κ2) is 8.42. The quantitative estimate of drug-likeness (QED) is 0.660. The van der Waals surface area contributed by atoms with Gasteiger partial charge < -0.3 is 10.1 Å². The molecule has 3 aromatic carbocycles. The number of anilines is 1. The number of likely N-dealkylation sites (N-methyl/N-ethyl adjacent to an activating group) is 1. The monoisotopic (exact) mass is 382 g/mol. The Labute approximate surface area is 164 Å². The van der Waals surface area contributed by atoms with Crippen molar-refractivity contribution in [2.24, 2.45) is 0 Å². The lowest BCUT2D eigenvalue weighted by molar-refractivity contribution is -0.117. The van der Waals surface area contributed by atoms with E-state index in [1.165, 1.54) is 0 Å². The highest BCUT2D eigenvalue weighted by atomic mass is 35.5. The fraction of sp³-hybridized carbons (Fsp3) is 0.227. The summed E-state index contributed by atoms with van der Waals surface area (Å²) in [5.41, 5.74) is 2.78. The van der Waals surface area contributed by atoms with Gasteiger partial charge in [-0.3, -0.25) is 9.69 Å². The lowest BCUT2D eigenvalue weighted by atomic mass is 10.1. The smallest absolute Gasteiger partial charge is 0.238 e. The van der Waals surface area contributed by atoms with Gasteiger partial charge in [-0.05, 0) is 66.2 Å². The Morgan fingerprint density at radius 1 is 1.11 bits per heavy atom. The number of ether oxygens (including phenoxy) is 1. The van der Waals surface area contributed by atoms with Crippen LogP contribution in [0.1, 0.15) is 11.1 Å². The van der Waals surface area contributed by atoms with Crippen LogP contribution in [0.5, 0.6) is 5.75 Å². The van der Waals surface area contributed by atoms with Crippen LogP contribution in [0.3, 0.4) is 0 Å². The van der Waals surface area contributed by atoms with Crippen molar-refractivity contribution in [3.8, 4) is 5.75 Å². The highest BCUT2D eigenvalue weighted by Gasteiger charge is 2.10. The van der Waals surface area contributed by atoms with Gasteiger partial charge in [0.05, 0.1) is 13.7 Å². The minimum absolute atomic E-state index is 0.0617. The molecule has 0 atom stereocenters. The van der Waals surface area contributed by atoms with E-state index in [0.717, 1.165) is 33.3 Å². The third-order valence-corrected chi connectivity index (χ3v) is 4.93. The van der Waals surface area contributed by atoms with Gasteiger partial charge in [0, 0.05) is 17.3 Å². The van der Waals surface area contributed by atoms with Crippen LogP contribution >= 0.6 is 11.6 Å². The maximum atomic E-state index is 12.3. The topological polar surface area (TPSA) is 41.6 Å². The van der Waals surface area contributed by atoms with Crippen molar-refractivity contribution in [3.05, 3.63) is 70.7 Å². The zero-order chi connectivity index (χ0) is 19.4. The molecule has 4 nitrogen and oxygen atoms in total. The number of carbonyl (C=O) groups excluding carboxylic acids is 1. The van der Waals surface area contributed by atoms with Gasteiger partial charge in [-0.15, -0.1) is 0 Å². The second-order valence-corrected chi connectivity index (χ2v) is 7.09. The van der Waals surface area contributed by atoms with E-state index in [9.17, 15) is 4.79 Å². The molecule has 0 saturated heterocycles. The van der Waals surface area contributed by atoms with E-state index in [1.54, 1.807) is 7.11 Å². The molecule has 0 radical (unpaired) electrons. The highest BCUT2D eigenvalue weighted by Crippen LogP contribution is 2.24. The summed E-state index contributed by atoms with van der Waals surface area (Å²) < 4.78 is 5.26. The molecule has 0 aliphatic heterocycles. The molecule has 3 aromatic rings. The lowest BCUT2D eigenvalue weighted by Gasteiger charge is -2.17. The SMILES string of the molecule is COc1ccc2cc(CN(C)CC(=O)Nc3cccc(Cl)c3C)ccc2c1. The molecule has 3 rings (SSSR count). The molecule has 140 valence electrons. The molecule has 0 heterocycles. The normalized spacial score (nSPS) is 11.0. The fourth-order valence-corrected chi connectivity index (χ4v) is 3.22. The Morgan fingerprint density at radius 2 is 1.85 bits per heavy atom. The molecule has 0 aromatic heterocycles. The van der Waals surface area contributed by atoms with Crippen molar-refractivity contribution in [1.82, 2.24) is 4.90 Å². The summed E-state index contributed by atoms with van der Waals surface area (Å²) >= 11 is 6.11. The number of rotatable bonds is 6. The molecule has 0 unspecified atom stereocenters. The number of carbonyl (C=O) groups is 1. The van der Waals surface area contributed by atoms with E-state index in [-0.39, 0.29) is 5.91 Å². The van der Waals surface area contributed by atoms with Gasteiger partial charge in [0.2, 0.25) is 5.91 Å². The molecule has 0 fully saturated rings. The van der Waals surface area contributed by atoms with Crippen LogP contribution in [0.4, 0.5) is 5.69 Å². The Kier molecular flexibility index (Phi) is 5.99. The first-order valence-corrected chi connectivity index (χ1v) is 9.14. The van der Waals surface area contributed by atoms with Gasteiger partial charge in [0.15, 0.2) is 0 Å². The molecule has 0 aliphatic carbocycles. The van der Waals surface area contributed by atoms with Gasteiger partial charge in [-0.1, -0.05) is 35.9 Å². The zero-order valence-corrected chi connectivity index (χ0v) is 16.5. The summed E-state index contributed by atoms with van der Waals surface area (Å²) in [7, 11) is 3.60. The minimum atomic E-state index is -0.0617. The van der Waals surface area contributed by atoms with Crippen molar-refractivity contribution in [1.29, 1.82) is 0 Å². The van der Waals surface area contributed by atoms with Gasteiger partial charge in [-0.2, -0.15) is 0 Å². The maximum Gasteiger partial charge on any atom is 0.238 e. The lowest BCUT2D eigenvalue weighted by Crippen LogP contribution is -2.30. The van der Waals surface area contributed by atoms with Gasteiger partial charge >= 0.3 is 0 Å². The molecular formula is C22H23ClN2O2. The summed E-state index contributed by atoms with van der Waals surface area (Å²) in [5, 5.41) is 5.87. The second-order valence-electron chi connectivity index (χ2n) is 6.68. The van der Waals surface area contributed by atoms with E-state index >= 15 is 0 Å². The summed E-state index contributed by atoms with van der Waals surface area (Å²) in [6, 6.07) is 17.8. The summed E-state index contributed by atoms with van der Waals surface area (Å²) in [6.07, 6.45) is 0. The molecule has 0 saturated carbocycles. The van der Waals surface area contributed by atoms with Crippen molar-refractivity contribution in [2.45, 2.75) is 13.5 Å². The number of fused-ring (bicyclic) bond motifs is 1. The van der Waals surface area contributed by atoms with Crippen LogP contribution < -0.4 is 10.1 Å². The first-order chi connectivity index (χ1) is 13.0. The molecule has 27 heavy (non-hydrogen) atoms. The van der Waals surface area contributed by atoms with Crippen molar-refractivity contribution >= 4 is 34.0 Å². The van der Waals surface area contributed by atoms with Crippen LogP contribution in [0, 0.1) is 6.92 Å². The molecule has 5 heteroatoms. The number of methoxy groups -OCH3 is 1. The largest absolute Gasteiger partial charge is 0.497 e. The predicted octanol–water partition coefficient (Wildman–Crippen LogP) is 4.88. The summed E-state index contributed by atoms with van der Waals surface area (Å²) in [4.78, 5) is 14.3. The first-order valence-electron chi connectivity index (χ1n) is 8.76.